The second kappa shape index (κ2) is 61.0. The van der Waals surface area contributed by atoms with Gasteiger partial charge in [-0.3, -0.25) is 4.79 Å². The summed E-state index contributed by atoms with van der Waals surface area (Å²) in [6, 6.07) is -0.997. The van der Waals surface area contributed by atoms with Crippen molar-refractivity contribution in [1.82, 2.24) is 5.32 Å². The van der Waals surface area contributed by atoms with Crippen molar-refractivity contribution >= 4 is 5.91 Å². The zero-order valence-electron chi connectivity index (χ0n) is 62.0. The number of allylic oxidation sites excluding steroid dienone is 7. The Morgan fingerprint density at radius 1 is 0.354 bits per heavy atom. The Balaban J connectivity index is 1.34. The summed E-state index contributed by atoms with van der Waals surface area (Å²) in [5, 5.41) is 121. The highest BCUT2D eigenvalue weighted by molar-refractivity contribution is 5.76. The molecule has 12 N–H and O–H groups in total. The zero-order chi connectivity index (χ0) is 71.8. The molecule has 19 nitrogen and oxygen atoms in total. The molecule has 0 spiro atoms. The lowest BCUT2D eigenvalue weighted by Gasteiger charge is -2.48. The molecule has 0 aromatic carbocycles. The van der Waals surface area contributed by atoms with Crippen LogP contribution in [0.5, 0.6) is 0 Å². The molecule has 0 radical (unpaired) electrons. The van der Waals surface area contributed by atoms with E-state index in [1.54, 1.807) is 6.08 Å². The molecule has 0 aromatic rings. The van der Waals surface area contributed by atoms with E-state index in [-0.39, 0.29) is 18.9 Å². The molecule has 580 valence electrons. The minimum Gasteiger partial charge on any atom is -0.394 e. The highest BCUT2D eigenvalue weighted by atomic mass is 16.8. The fourth-order valence-corrected chi connectivity index (χ4v) is 13.6. The lowest BCUT2D eigenvalue weighted by Crippen LogP contribution is -2.66. The van der Waals surface area contributed by atoms with Gasteiger partial charge in [0.2, 0.25) is 5.91 Å². The van der Waals surface area contributed by atoms with Gasteiger partial charge >= 0.3 is 0 Å². The van der Waals surface area contributed by atoms with Gasteiger partial charge < -0.3 is 89.9 Å². The number of amides is 1. The Kier molecular flexibility index (Phi) is 56.0. The summed E-state index contributed by atoms with van der Waals surface area (Å²) < 4.78 is 34.4. The largest absolute Gasteiger partial charge is 0.394 e. The Bertz CT molecular complexity index is 1980. The van der Waals surface area contributed by atoms with Crippen LogP contribution < -0.4 is 5.32 Å². The number of aliphatic hydroxyl groups is 11. The van der Waals surface area contributed by atoms with E-state index in [2.05, 4.69) is 55.6 Å². The van der Waals surface area contributed by atoms with Crippen LogP contribution in [0.25, 0.3) is 0 Å². The van der Waals surface area contributed by atoms with Crippen LogP contribution in [0.3, 0.4) is 0 Å². The maximum atomic E-state index is 13.5. The molecule has 17 atom stereocenters. The molecule has 0 aromatic heterocycles. The molecule has 3 rings (SSSR count). The number of carbonyl (C=O) groups is 1. The first-order valence-electron chi connectivity index (χ1n) is 40.4. The minimum atomic E-state index is -1.98. The number of nitrogens with one attached hydrogen (secondary N) is 1. The van der Waals surface area contributed by atoms with Crippen LogP contribution in [0, 0.1) is 0 Å². The van der Waals surface area contributed by atoms with E-state index in [1.165, 1.54) is 244 Å². The summed E-state index contributed by atoms with van der Waals surface area (Å²) in [5.41, 5.74) is 0. The van der Waals surface area contributed by atoms with Crippen LogP contribution in [0.2, 0.25) is 0 Å². The number of aliphatic hydroxyl groups excluding tert-OH is 11. The summed E-state index contributed by atoms with van der Waals surface area (Å²) in [6.45, 7) is 1.74. The molecule has 19 heteroatoms. The van der Waals surface area contributed by atoms with Crippen LogP contribution >= 0.6 is 0 Å². The van der Waals surface area contributed by atoms with Crippen molar-refractivity contribution in [2.75, 3.05) is 26.4 Å². The number of hydrogen-bond donors (Lipinski definition) is 12. The van der Waals surface area contributed by atoms with Crippen LogP contribution in [-0.4, -0.2) is 193 Å². The molecule has 3 aliphatic rings. The number of ether oxygens (including phenoxy) is 6. The summed E-state index contributed by atoms with van der Waals surface area (Å²) in [7, 11) is 0. The van der Waals surface area contributed by atoms with Crippen LogP contribution in [-0.2, 0) is 33.2 Å². The van der Waals surface area contributed by atoms with Gasteiger partial charge in [0.25, 0.3) is 0 Å². The maximum absolute atomic E-state index is 13.5. The van der Waals surface area contributed by atoms with Gasteiger partial charge in [-0.05, 0) is 70.6 Å². The summed E-state index contributed by atoms with van der Waals surface area (Å²) >= 11 is 0. The molecule has 0 aliphatic carbocycles. The Hall–Kier alpha value is -2.25. The second-order valence-electron chi connectivity index (χ2n) is 28.9. The van der Waals surface area contributed by atoms with E-state index in [4.69, 9.17) is 28.4 Å². The van der Waals surface area contributed by atoms with Gasteiger partial charge in [0.05, 0.1) is 38.6 Å². The van der Waals surface area contributed by atoms with Crippen molar-refractivity contribution in [3.63, 3.8) is 0 Å². The Morgan fingerprint density at radius 3 is 1.01 bits per heavy atom. The highest BCUT2D eigenvalue weighted by Crippen LogP contribution is 2.33. The van der Waals surface area contributed by atoms with Gasteiger partial charge in [-0.2, -0.15) is 0 Å². The predicted molar refractivity (Wildman–Crippen MR) is 392 cm³/mol. The molecule has 3 saturated heterocycles. The van der Waals surface area contributed by atoms with Gasteiger partial charge in [-0.1, -0.05) is 294 Å². The molecule has 1 amide bonds. The fraction of sp³-hybridized carbons (Fsp3) is 0.887. The average Bonchev–Trinajstić information content (AvgIpc) is 0.784. The first-order valence-corrected chi connectivity index (χ1v) is 40.4. The SMILES string of the molecule is CCCCCCCCCC/C=C\CCCCCCCCCCCCCCCCCCCCCCCCCC(=O)NC(COC1OC(CO)C(OC2OC(CO)C(OC3OC(CO)C(O)C(O)C3O)C(O)C2O)C(O)C1O)C(O)/C=C/CC/C=C/CC/C=C/CCCCCCCCCCC. The van der Waals surface area contributed by atoms with E-state index in [0.717, 1.165) is 44.9 Å². The van der Waals surface area contributed by atoms with Crippen LogP contribution in [0.15, 0.2) is 48.6 Å². The van der Waals surface area contributed by atoms with E-state index >= 15 is 0 Å². The average molecular weight is 1410 g/mol. The second-order valence-corrected chi connectivity index (χ2v) is 28.9. The molecule has 3 aliphatic heterocycles. The van der Waals surface area contributed by atoms with Crippen molar-refractivity contribution < 1.29 is 89.4 Å². The maximum Gasteiger partial charge on any atom is 0.220 e. The van der Waals surface area contributed by atoms with Gasteiger partial charge in [0, 0.05) is 6.42 Å². The van der Waals surface area contributed by atoms with Gasteiger partial charge in [0.1, 0.15) is 73.2 Å². The highest BCUT2D eigenvalue weighted by Gasteiger charge is 2.54. The molecule has 99 heavy (non-hydrogen) atoms. The van der Waals surface area contributed by atoms with Crippen molar-refractivity contribution in [3.8, 4) is 0 Å². The number of carbonyl (C=O) groups excluding carboxylic acids is 1. The van der Waals surface area contributed by atoms with Crippen molar-refractivity contribution in [3.05, 3.63) is 48.6 Å². The molecule has 0 saturated carbocycles. The van der Waals surface area contributed by atoms with E-state index < -0.39 is 124 Å². The monoisotopic (exact) mass is 1410 g/mol. The predicted octanol–water partition coefficient (Wildman–Crippen LogP) is 13.3. The first-order chi connectivity index (χ1) is 48.3. The lowest BCUT2D eigenvalue weighted by atomic mass is 9.96. The third-order valence-corrected chi connectivity index (χ3v) is 20.1. The summed E-state index contributed by atoms with van der Waals surface area (Å²) in [6.07, 6.45) is 49.8. The van der Waals surface area contributed by atoms with Gasteiger partial charge in [-0.15, -0.1) is 0 Å². The van der Waals surface area contributed by atoms with Crippen molar-refractivity contribution in [2.45, 2.75) is 426 Å². The minimum absolute atomic E-state index is 0.235. The Morgan fingerprint density at radius 2 is 0.646 bits per heavy atom. The summed E-state index contributed by atoms with van der Waals surface area (Å²) in [5.74, 6) is -0.284. The van der Waals surface area contributed by atoms with E-state index in [1.807, 2.05) is 6.08 Å². The summed E-state index contributed by atoms with van der Waals surface area (Å²) in [4.78, 5) is 13.5. The van der Waals surface area contributed by atoms with Gasteiger partial charge in [-0.25, -0.2) is 0 Å². The van der Waals surface area contributed by atoms with E-state index in [0.29, 0.717) is 12.8 Å². The Labute approximate surface area is 599 Å². The van der Waals surface area contributed by atoms with Crippen LogP contribution in [0.1, 0.15) is 322 Å². The normalized spacial score (nSPS) is 26.8. The number of rotatable bonds is 64. The molecular weight excluding hydrogens is 1260 g/mol. The fourth-order valence-electron chi connectivity index (χ4n) is 13.6. The number of unbranched alkanes of at least 4 members (excludes halogenated alkanes) is 42. The third-order valence-electron chi connectivity index (χ3n) is 20.1. The molecule has 3 fully saturated rings. The third kappa shape index (κ3) is 41.3. The van der Waals surface area contributed by atoms with Gasteiger partial charge in [0.15, 0.2) is 18.9 Å². The first kappa shape index (κ1) is 91.0. The molecule has 17 unspecified atom stereocenters. The lowest BCUT2D eigenvalue weighted by molar-refractivity contribution is -0.379. The molecular formula is C80H147NO18. The molecule has 0 bridgehead atoms. The zero-order valence-corrected chi connectivity index (χ0v) is 62.0. The standard InChI is InChI=1S/C80H147NO18/c1-3-5-7-9-11-13-15-17-19-21-23-24-25-26-27-28-29-30-31-32-33-34-35-36-37-38-40-42-44-46-48-50-52-54-56-58-68(86)81-63(64(85)57-55-53-51-49-47-45-43-41-39-22-20-18-16-14-12-10-8-6-4-2)62-94-78-74(92)71(89)76(66(60-83)96-78)99-80-75(93)72(90)77(67(61-84)97-80)98-79-73(91)70(88)69(87)65(59-82)95-79/h21,23,39,41,47,49,55,57,63-67,69-80,82-85,87-93H,3-20,22,24-38,40,42-46,48,50-54,56,58-62H2,1-2H3,(H,81,86)/b23-21-,41-39+,49-47+,57-55+. The van der Waals surface area contributed by atoms with E-state index in [9.17, 15) is 61.0 Å². The quantitative estimate of drug-likeness (QED) is 0.0199. The van der Waals surface area contributed by atoms with Crippen LogP contribution in [0.4, 0.5) is 0 Å². The van der Waals surface area contributed by atoms with Crippen molar-refractivity contribution in [2.24, 2.45) is 0 Å². The topological polar surface area (TPSA) is 307 Å². The van der Waals surface area contributed by atoms with Crippen molar-refractivity contribution in [1.29, 1.82) is 0 Å². The number of hydrogen-bond acceptors (Lipinski definition) is 18. The smallest absolute Gasteiger partial charge is 0.220 e. The molecule has 3 heterocycles.